The lowest BCUT2D eigenvalue weighted by molar-refractivity contribution is -0.120. The highest BCUT2D eigenvalue weighted by Gasteiger charge is 2.15. The molecule has 1 aromatic carbocycles. The van der Waals surface area contributed by atoms with Crippen LogP contribution in [0, 0.1) is 5.82 Å². The van der Waals surface area contributed by atoms with Crippen molar-refractivity contribution in [3.05, 3.63) is 35.6 Å². The summed E-state index contributed by atoms with van der Waals surface area (Å²) in [6.07, 6.45) is 0.133. The molecule has 144 valence electrons. The van der Waals surface area contributed by atoms with Gasteiger partial charge in [0, 0.05) is 31.6 Å². The van der Waals surface area contributed by atoms with E-state index in [1.54, 1.807) is 20.8 Å². The number of hydrogen-bond donors (Lipinski definition) is 3. The molecule has 26 heavy (non-hydrogen) atoms. The lowest BCUT2D eigenvalue weighted by Gasteiger charge is -2.19. The van der Waals surface area contributed by atoms with E-state index in [2.05, 4.69) is 16.0 Å². The Bertz CT molecular complexity index is 612. The molecule has 0 aliphatic carbocycles. The van der Waals surface area contributed by atoms with Crippen molar-refractivity contribution in [2.24, 2.45) is 0 Å². The topological polar surface area (TPSA) is 96.5 Å². The first-order valence-corrected chi connectivity index (χ1v) is 8.45. The second kappa shape index (κ2) is 10.4. The number of ether oxygens (including phenoxy) is 1. The second-order valence-electron chi connectivity index (χ2n) is 6.64. The molecule has 0 radical (unpaired) electrons. The fourth-order valence-corrected chi connectivity index (χ4v) is 1.90. The number of halogens is 1. The molecule has 1 rings (SSSR count). The first-order chi connectivity index (χ1) is 12.2. The molecule has 0 aromatic heterocycles. The van der Waals surface area contributed by atoms with E-state index < -0.39 is 17.5 Å². The zero-order chi connectivity index (χ0) is 19.6. The van der Waals surface area contributed by atoms with E-state index in [1.165, 1.54) is 24.3 Å². The van der Waals surface area contributed by atoms with Crippen molar-refractivity contribution < 1.29 is 23.5 Å². The first-order valence-electron chi connectivity index (χ1n) is 8.45. The molecule has 0 saturated heterocycles. The maximum atomic E-state index is 12.8. The summed E-state index contributed by atoms with van der Waals surface area (Å²) in [4.78, 5) is 34.8. The van der Waals surface area contributed by atoms with Gasteiger partial charge in [-0.1, -0.05) is 0 Å². The maximum Gasteiger partial charge on any atom is 0.407 e. The van der Waals surface area contributed by atoms with Crippen LogP contribution in [-0.2, 0) is 9.53 Å². The minimum Gasteiger partial charge on any atom is -0.444 e. The first kappa shape index (κ1) is 21.4. The Morgan fingerprint density at radius 1 is 0.962 bits per heavy atom. The summed E-state index contributed by atoms with van der Waals surface area (Å²) in [5.74, 6) is -0.894. The molecule has 0 spiro atoms. The number of carbonyl (C=O) groups excluding carboxylic acids is 3. The van der Waals surface area contributed by atoms with Crippen LogP contribution in [0.25, 0.3) is 0 Å². The monoisotopic (exact) mass is 367 g/mol. The molecular formula is C18H26FN3O4. The van der Waals surface area contributed by atoms with E-state index >= 15 is 0 Å². The van der Waals surface area contributed by atoms with Gasteiger partial charge in [0.15, 0.2) is 0 Å². The number of alkyl carbamates (subject to hydrolysis) is 1. The van der Waals surface area contributed by atoms with Gasteiger partial charge in [-0.2, -0.15) is 0 Å². The molecule has 8 heteroatoms. The summed E-state index contributed by atoms with van der Waals surface area (Å²) in [5.41, 5.74) is -0.200. The van der Waals surface area contributed by atoms with Crippen LogP contribution in [0.2, 0.25) is 0 Å². The minimum atomic E-state index is -0.579. The zero-order valence-corrected chi connectivity index (χ0v) is 15.4. The van der Waals surface area contributed by atoms with Crippen molar-refractivity contribution in [3.8, 4) is 0 Å². The molecule has 0 fully saturated rings. The molecule has 1 aromatic rings. The molecule has 0 bridgehead atoms. The maximum absolute atomic E-state index is 12.8. The Hall–Kier alpha value is -2.64. The smallest absolute Gasteiger partial charge is 0.407 e. The molecular weight excluding hydrogens is 341 g/mol. The predicted octanol–water partition coefficient (Wildman–Crippen LogP) is 1.98. The number of amides is 3. The molecule has 0 atom stereocenters. The van der Waals surface area contributed by atoms with Crippen LogP contribution < -0.4 is 16.0 Å². The van der Waals surface area contributed by atoms with Gasteiger partial charge < -0.3 is 20.7 Å². The van der Waals surface area contributed by atoms with Crippen molar-refractivity contribution in [2.75, 3.05) is 19.6 Å². The van der Waals surface area contributed by atoms with E-state index in [9.17, 15) is 18.8 Å². The Kier molecular flexibility index (Phi) is 8.54. The Balaban J connectivity index is 2.08. The van der Waals surface area contributed by atoms with Gasteiger partial charge in [0.2, 0.25) is 5.91 Å². The van der Waals surface area contributed by atoms with E-state index in [1.807, 2.05) is 0 Å². The SMILES string of the molecule is CC(C)(C)OC(=O)NCCC(=O)NCCCNC(=O)c1ccc(F)cc1. The third-order valence-corrected chi connectivity index (χ3v) is 3.09. The van der Waals surface area contributed by atoms with E-state index in [0.717, 1.165) is 0 Å². The minimum absolute atomic E-state index is 0.140. The summed E-state index contributed by atoms with van der Waals surface area (Å²) in [7, 11) is 0. The van der Waals surface area contributed by atoms with Gasteiger partial charge in [0.25, 0.3) is 5.91 Å². The summed E-state index contributed by atoms with van der Waals surface area (Å²) in [6, 6.07) is 5.26. The lowest BCUT2D eigenvalue weighted by atomic mass is 10.2. The van der Waals surface area contributed by atoms with Crippen molar-refractivity contribution in [1.29, 1.82) is 0 Å². The Morgan fingerprint density at radius 3 is 2.19 bits per heavy atom. The highest BCUT2D eigenvalue weighted by Crippen LogP contribution is 2.06. The lowest BCUT2D eigenvalue weighted by Crippen LogP contribution is -2.35. The highest BCUT2D eigenvalue weighted by molar-refractivity contribution is 5.94. The average Bonchev–Trinajstić information content (AvgIpc) is 2.53. The van der Waals surface area contributed by atoms with Gasteiger partial charge in [0.1, 0.15) is 11.4 Å². The summed E-state index contributed by atoms with van der Waals surface area (Å²) < 4.78 is 17.8. The van der Waals surface area contributed by atoms with Crippen LogP contribution in [0.5, 0.6) is 0 Å². The Labute approximate surface area is 152 Å². The van der Waals surface area contributed by atoms with Gasteiger partial charge in [-0.05, 0) is 51.5 Å². The Morgan fingerprint density at radius 2 is 1.58 bits per heavy atom. The zero-order valence-electron chi connectivity index (χ0n) is 15.4. The standard InChI is InChI=1S/C18H26FN3O4/c1-18(2,3)26-17(25)22-12-9-15(23)20-10-4-11-21-16(24)13-5-7-14(19)8-6-13/h5-8H,4,9-12H2,1-3H3,(H,20,23)(H,21,24)(H,22,25). The fourth-order valence-electron chi connectivity index (χ4n) is 1.90. The van der Waals surface area contributed by atoms with Gasteiger partial charge >= 0.3 is 6.09 Å². The fraction of sp³-hybridized carbons (Fsp3) is 0.500. The number of benzene rings is 1. The largest absolute Gasteiger partial charge is 0.444 e. The third kappa shape index (κ3) is 9.61. The summed E-state index contributed by atoms with van der Waals surface area (Å²) in [5, 5.41) is 7.88. The molecule has 0 aliphatic rings. The summed E-state index contributed by atoms with van der Waals surface area (Å²) >= 11 is 0. The van der Waals surface area contributed by atoms with Crippen LogP contribution in [-0.4, -0.2) is 43.1 Å². The van der Waals surface area contributed by atoms with Crippen molar-refractivity contribution in [3.63, 3.8) is 0 Å². The molecule has 0 saturated carbocycles. The van der Waals surface area contributed by atoms with Gasteiger partial charge in [0.05, 0.1) is 0 Å². The van der Waals surface area contributed by atoms with Gasteiger partial charge in [-0.3, -0.25) is 9.59 Å². The van der Waals surface area contributed by atoms with E-state index in [-0.39, 0.29) is 24.8 Å². The van der Waals surface area contributed by atoms with Crippen LogP contribution in [0.1, 0.15) is 44.0 Å². The van der Waals surface area contributed by atoms with Crippen molar-refractivity contribution in [1.82, 2.24) is 16.0 Å². The molecule has 3 amide bonds. The molecule has 0 unspecified atom stereocenters. The van der Waals surface area contributed by atoms with Gasteiger partial charge in [-0.25, -0.2) is 9.18 Å². The van der Waals surface area contributed by atoms with Crippen LogP contribution in [0.3, 0.4) is 0 Å². The number of carbonyl (C=O) groups is 3. The van der Waals surface area contributed by atoms with Crippen LogP contribution >= 0.6 is 0 Å². The van der Waals surface area contributed by atoms with E-state index in [4.69, 9.17) is 4.74 Å². The highest BCUT2D eigenvalue weighted by atomic mass is 19.1. The van der Waals surface area contributed by atoms with Crippen LogP contribution in [0.15, 0.2) is 24.3 Å². The molecule has 3 N–H and O–H groups in total. The van der Waals surface area contributed by atoms with Crippen molar-refractivity contribution in [2.45, 2.75) is 39.2 Å². The number of hydrogen-bond acceptors (Lipinski definition) is 4. The predicted molar refractivity (Wildman–Crippen MR) is 95.2 cm³/mol. The number of rotatable bonds is 8. The van der Waals surface area contributed by atoms with Crippen molar-refractivity contribution >= 4 is 17.9 Å². The van der Waals surface area contributed by atoms with Gasteiger partial charge in [-0.15, -0.1) is 0 Å². The molecule has 0 heterocycles. The third-order valence-electron chi connectivity index (χ3n) is 3.09. The summed E-state index contributed by atoms with van der Waals surface area (Å²) in [6.45, 7) is 6.24. The number of nitrogens with one attached hydrogen (secondary N) is 3. The van der Waals surface area contributed by atoms with E-state index in [0.29, 0.717) is 25.1 Å². The normalized spacial score (nSPS) is 10.8. The molecule has 7 nitrogen and oxygen atoms in total. The second-order valence-corrected chi connectivity index (χ2v) is 6.64. The molecule has 0 aliphatic heterocycles. The average molecular weight is 367 g/mol. The van der Waals surface area contributed by atoms with Crippen LogP contribution in [0.4, 0.5) is 9.18 Å². The quantitative estimate of drug-likeness (QED) is 0.612.